The van der Waals surface area contributed by atoms with Crippen LogP contribution in [0.3, 0.4) is 0 Å². The number of ketones is 1. The average molecular weight is 265 g/mol. The number of carbonyl (C=O) groups excluding carboxylic acids is 1. The summed E-state index contributed by atoms with van der Waals surface area (Å²) >= 11 is 0. The van der Waals surface area contributed by atoms with Gasteiger partial charge in [-0.2, -0.15) is 0 Å². The van der Waals surface area contributed by atoms with E-state index in [1.165, 1.54) is 24.3 Å². The van der Waals surface area contributed by atoms with E-state index in [-0.39, 0.29) is 17.7 Å². The smallest absolute Gasteiger partial charge is 0.164 e. The number of likely N-dealkylation sites (tertiary alicyclic amines) is 1. The summed E-state index contributed by atoms with van der Waals surface area (Å²) in [6.07, 6.45) is 1.08. The van der Waals surface area contributed by atoms with E-state index in [1.807, 2.05) is 6.92 Å². The number of Topliss-reactive ketones (excluding diaryl/α,β-unsaturated/α-hetero) is 1. The highest BCUT2D eigenvalue weighted by molar-refractivity contribution is 5.96. The van der Waals surface area contributed by atoms with Crippen molar-refractivity contribution >= 4 is 5.78 Å². The second-order valence-electron chi connectivity index (χ2n) is 5.31. The lowest BCUT2D eigenvalue weighted by molar-refractivity contribution is 0.0287. The third-order valence-electron chi connectivity index (χ3n) is 3.82. The van der Waals surface area contributed by atoms with Gasteiger partial charge in [0.25, 0.3) is 0 Å². The van der Waals surface area contributed by atoms with Gasteiger partial charge in [-0.25, -0.2) is 4.39 Å². The Morgan fingerprint density at radius 1 is 1.42 bits per heavy atom. The largest absolute Gasteiger partial charge is 0.392 e. The van der Waals surface area contributed by atoms with Gasteiger partial charge in [-0.1, -0.05) is 6.92 Å². The standard InChI is InChI=1S/C15H20FNO2/c1-11-6-8-17(10-15(11)19)9-7-14(18)12-2-4-13(16)5-3-12/h2-5,11,15,19H,6-10H2,1H3/t11-,15+/m0/s1. The molecule has 0 amide bonds. The van der Waals surface area contributed by atoms with E-state index >= 15 is 0 Å². The second kappa shape index (κ2) is 6.26. The van der Waals surface area contributed by atoms with Crippen molar-refractivity contribution in [3.63, 3.8) is 0 Å². The molecule has 0 aromatic heterocycles. The normalized spacial score (nSPS) is 24.4. The molecular weight excluding hydrogens is 245 g/mol. The molecule has 1 aliphatic heterocycles. The van der Waals surface area contributed by atoms with Crippen LogP contribution >= 0.6 is 0 Å². The minimum atomic E-state index is -0.329. The van der Waals surface area contributed by atoms with Crippen LogP contribution < -0.4 is 0 Å². The van der Waals surface area contributed by atoms with Gasteiger partial charge in [0, 0.05) is 25.1 Å². The molecule has 1 aromatic carbocycles. The van der Waals surface area contributed by atoms with Gasteiger partial charge in [-0.15, -0.1) is 0 Å². The SMILES string of the molecule is C[C@H]1CCN(CCC(=O)c2ccc(F)cc2)C[C@H]1O. The molecule has 1 aliphatic rings. The van der Waals surface area contributed by atoms with E-state index in [1.54, 1.807) is 0 Å². The summed E-state index contributed by atoms with van der Waals surface area (Å²) in [6, 6.07) is 5.65. The minimum Gasteiger partial charge on any atom is -0.392 e. The van der Waals surface area contributed by atoms with Gasteiger partial charge in [-0.3, -0.25) is 4.79 Å². The molecule has 4 heteroatoms. The number of piperidine rings is 1. The van der Waals surface area contributed by atoms with E-state index in [4.69, 9.17) is 0 Å². The Kier molecular flexibility index (Phi) is 4.66. The summed E-state index contributed by atoms with van der Waals surface area (Å²) in [5, 5.41) is 9.79. The van der Waals surface area contributed by atoms with Crippen molar-refractivity contribution in [2.75, 3.05) is 19.6 Å². The number of β-amino-alcohol motifs (C(OH)–C–C–N with tert-alkyl or cyclic N) is 1. The molecule has 0 spiro atoms. The summed E-state index contributed by atoms with van der Waals surface area (Å²) in [5.41, 5.74) is 0.548. The Bertz CT molecular complexity index is 432. The third-order valence-corrected chi connectivity index (χ3v) is 3.82. The maximum atomic E-state index is 12.8. The molecule has 0 saturated carbocycles. The predicted octanol–water partition coefficient (Wildman–Crippen LogP) is 2.10. The van der Waals surface area contributed by atoms with Crippen LogP contribution in [-0.2, 0) is 0 Å². The Balaban J connectivity index is 1.82. The number of nitrogens with zero attached hydrogens (tertiary/aromatic N) is 1. The van der Waals surface area contributed by atoms with E-state index < -0.39 is 0 Å². The third kappa shape index (κ3) is 3.85. The zero-order chi connectivity index (χ0) is 13.8. The Hall–Kier alpha value is -1.26. The zero-order valence-electron chi connectivity index (χ0n) is 11.2. The van der Waals surface area contributed by atoms with E-state index in [9.17, 15) is 14.3 Å². The maximum Gasteiger partial charge on any atom is 0.164 e. The van der Waals surface area contributed by atoms with Gasteiger partial charge >= 0.3 is 0 Å². The number of rotatable bonds is 4. The van der Waals surface area contributed by atoms with Crippen LogP contribution in [0.15, 0.2) is 24.3 Å². The molecule has 104 valence electrons. The summed E-state index contributed by atoms with van der Waals surface area (Å²) in [6.45, 7) is 4.26. The molecule has 1 heterocycles. The van der Waals surface area contributed by atoms with Crippen molar-refractivity contribution in [3.05, 3.63) is 35.6 Å². The molecular formula is C15H20FNO2. The highest BCUT2D eigenvalue weighted by atomic mass is 19.1. The van der Waals surface area contributed by atoms with Crippen LogP contribution in [0.2, 0.25) is 0 Å². The van der Waals surface area contributed by atoms with Crippen LogP contribution in [0.4, 0.5) is 4.39 Å². The lowest BCUT2D eigenvalue weighted by Gasteiger charge is -2.34. The summed E-state index contributed by atoms with van der Waals surface area (Å²) in [7, 11) is 0. The number of benzene rings is 1. The monoisotopic (exact) mass is 265 g/mol. The van der Waals surface area contributed by atoms with E-state index in [0.717, 1.165) is 13.0 Å². The molecule has 2 atom stereocenters. The highest BCUT2D eigenvalue weighted by Crippen LogP contribution is 2.17. The topological polar surface area (TPSA) is 40.5 Å². The van der Waals surface area contributed by atoms with Gasteiger partial charge in [0.2, 0.25) is 0 Å². The summed E-state index contributed by atoms with van der Waals surface area (Å²) in [5.74, 6) is 0.0295. The van der Waals surface area contributed by atoms with E-state index in [2.05, 4.69) is 4.90 Å². The fourth-order valence-electron chi connectivity index (χ4n) is 2.36. The highest BCUT2D eigenvalue weighted by Gasteiger charge is 2.24. The molecule has 0 aliphatic carbocycles. The number of aliphatic hydroxyl groups is 1. The number of halogens is 1. The Morgan fingerprint density at radius 3 is 2.74 bits per heavy atom. The number of carbonyl (C=O) groups is 1. The van der Waals surface area contributed by atoms with Gasteiger partial charge in [0.15, 0.2) is 5.78 Å². The summed E-state index contributed by atoms with van der Waals surface area (Å²) < 4.78 is 12.8. The average Bonchev–Trinajstić information content (AvgIpc) is 2.40. The van der Waals surface area contributed by atoms with Crippen LogP contribution in [0, 0.1) is 11.7 Å². The van der Waals surface area contributed by atoms with Crippen LogP contribution in [0.25, 0.3) is 0 Å². The van der Waals surface area contributed by atoms with Gasteiger partial charge in [0.05, 0.1) is 6.10 Å². The molecule has 1 aromatic rings. The van der Waals surface area contributed by atoms with E-state index in [0.29, 0.717) is 31.0 Å². The molecule has 0 bridgehead atoms. The number of hydrogen-bond acceptors (Lipinski definition) is 3. The van der Waals surface area contributed by atoms with Crippen molar-refractivity contribution in [1.29, 1.82) is 0 Å². The van der Waals surface area contributed by atoms with Crippen molar-refractivity contribution in [3.8, 4) is 0 Å². The van der Waals surface area contributed by atoms with Crippen LogP contribution in [0.5, 0.6) is 0 Å². The molecule has 3 nitrogen and oxygen atoms in total. The molecule has 0 radical (unpaired) electrons. The fraction of sp³-hybridized carbons (Fsp3) is 0.533. The van der Waals surface area contributed by atoms with Crippen molar-refractivity contribution in [2.45, 2.75) is 25.9 Å². The Morgan fingerprint density at radius 2 is 2.11 bits per heavy atom. The van der Waals surface area contributed by atoms with Gasteiger partial charge in [-0.05, 0) is 43.1 Å². The second-order valence-corrected chi connectivity index (χ2v) is 5.31. The molecule has 1 saturated heterocycles. The van der Waals surface area contributed by atoms with Crippen molar-refractivity contribution in [2.24, 2.45) is 5.92 Å². The quantitative estimate of drug-likeness (QED) is 0.848. The zero-order valence-corrected chi connectivity index (χ0v) is 11.2. The Labute approximate surface area is 113 Å². The molecule has 1 N–H and O–H groups in total. The molecule has 2 rings (SSSR count). The first-order chi connectivity index (χ1) is 9.06. The lowest BCUT2D eigenvalue weighted by atomic mass is 9.96. The summed E-state index contributed by atoms with van der Waals surface area (Å²) in [4.78, 5) is 14.1. The van der Waals surface area contributed by atoms with Crippen molar-refractivity contribution < 1.29 is 14.3 Å². The molecule has 19 heavy (non-hydrogen) atoms. The first kappa shape index (κ1) is 14.2. The fourth-order valence-corrected chi connectivity index (χ4v) is 2.36. The molecule has 1 fully saturated rings. The first-order valence-electron chi connectivity index (χ1n) is 6.75. The van der Waals surface area contributed by atoms with Crippen LogP contribution in [-0.4, -0.2) is 41.5 Å². The maximum absolute atomic E-state index is 12.8. The first-order valence-corrected chi connectivity index (χ1v) is 6.75. The number of hydrogen-bond donors (Lipinski definition) is 1. The van der Waals surface area contributed by atoms with Gasteiger partial charge < -0.3 is 10.0 Å². The van der Waals surface area contributed by atoms with Crippen molar-refractivity contribution in [1.82, 2.24) is 4.90 Å². The molecule has 0 unspecified atom stereocenters. The lowest BCUT2D eigenvalue weighted by Crippen LogP contribution is -2.43. The van der Waals surface area contributed by atoms with Gasteiger partial charge in [0.1, 0.15) is 5.82 Å². The predicted molar refractivity (Wildman–Crippen MR) is 71.6 cm³/mol. The van der Waals surface area contributed by atoms with Crippen LogP contribution in [0.1, 0.15) is 30.1 Å². The minimum absolute atomic E-state index is 0.0214. The number of aliphatic hydroxyl groups excluding tert-OH is 1.